The Labute approximate surface area is 106 Å². The molecule has 1 unspecified atom stereocenters. The maximum absolute atomic E-state index is 11.7. The van der Waals surface area contributed by atoms with Crippen LogP contribution in [0.4, 0.5) is 0 Å². The molecule has 2 N–H and O–H groups in total. The van der Waals surface area contributed by atoms with Gasteiger partial charge < -0.3 is 19.9 Å². The van der Waals surface area contributed by atoms with Crippen molar-refractivity contribution in [2.75, 3.05) is 26.4 Å². The van der Waals surface area contributed by atoms with Crippen LogP contribution in [0, 0.1) is 0 Å². The van der Waals surface area contributed by atoms with Gasteiger partial charge in [-0.3, -0.25) is 4.79 Å². The molecule has 2 rings (SSSR count). The number of phenolic OH excluding ortho intramolecular Hbond substituents is 1. The van der Waals surface area contributed by atoms with E-state index in [4.69, 9.17) is 14.6 Å². The van der Waals surface area contributed by atoms with Crippen LogP contribution in [0.25, 0.3) is 0 Å². The van der Waals surface area contributed by atoms with Crippen LogP contribution in [-0.2, 0) is 20.7 Å². The number of hydrogen-bond acceptors (Lipinski definition) is 4. The molecule has 1 aliphatic heterocycles. The summed E-state index contributed by atoms with van der Waals surface area (Å²) in [5.74, 6) is 0.115. The van der Waals surface area contributed by atoms with Crippen molar-refractivity contribution >= 4 is 5.91 Å². The Kier molecular flexibility index (Phi) is 4.55. The van der Waals surface area contributed by atoms with E-state index in [-0.39, 0.29) is 11.7 Å². The first-order chi connectivity index (χ1) is 8.75. The lowest BCUT2D eigenvalue weighted by molar-refractivity contribution is -0.147. The normalized spacial score (nSPS) is 19.4. The molecule has 98 valence electrons. The first-order valence-corrected chi connectivity index (χ1v) is 6.00. The van der Waals surface area contributed by atoms with Gasteiger partial charge in [-0.2, -0.15) is 0 Å². The van der Waals surface area contributed by atoms with Crippen molar-refractivity contribution in [3.8, 4) is 5.75 Å². The lowest BCUT2D eigenvalue weighted by Gasteiger charge is -2.22. The van der Waals surface area contributed by atoms with E-state index in [0.29, 0.717) is 26.4 Å². The lowest BCUT2D eigenvalue weighted by Crippen LogP contribution is -2.43. The third kappa shape index (κ3) is 3.72. The monoisotopic (exact) mass is 251 g/mol. The van der Waals surface area contributed by atoms with Gasteiger partial charge in [0.1, 0.15) is 5.75 Å². The van der Waals surface area contributed by atoms with Gasteiger partial charge in [-0.1, -0.05) is 12.1 Å². The van der Waals surface area contributed by atoms with E-state index >= 15 is 0 Å². The third-order valence-electron chi connectivity index (χ3n) is 2.76. The molecule has 0 aliphatic carbocycles. The molecule has 18 heavy (non-hydrogen) atoms. The van der Waals surface area contributed by atoms with Crippen molar-refractivity contribution in [3.63, 3.8) is 0 Å². The number of ether oxygens (including phenoxy) is 2. The van der Waals surface area contributed by atoms with Gasteiger partial charge in [-0.05, 0) is 24.1 Å². The summed E-state index contributed by atoms with van der Waals surface area (Å²) in [6.07, 6.45) is 0.234. The summed E-state index contributed by atoms with van der Waals surface area (Å²) in [6, 6.07) is 6.94. The average molecular weight is 251 g/mol. The first-order valence-electron chi connectivity index (χ1n) is 6.00. The molecular weight excluding hydrogens is 234 g/mol. The average Bonchev–Trinajstić information content (AvgIpc) is 2.42. The second-order valence-corrected chi connectivity index (χ2v) is 4.14. The number of nitrogens with one attached hydrogen (secondary N) is 1. The minimum absolute atomic E-state index is 0.131. The summed E-state index contributed by atoms with van der Waals surface area (Å²) >= 11 is 0. The third-order valence-corrected chi connectivity index (χ3v) is 2.76. The van der Waals surface area contributed by atoms with Crippen LogP contribution in [0.2, 0.25) is 0 Å². The zero-order valence-electron chi connectivity index (χ0n) is 10.1. The van der Waals surface area contributed by atoms with Crippen LogP contribution >= 0.6 is 0 Å². The van der Waals surface area contributed by atoms with Gasteiger partial charge >= 0.3 is 0 Å². The van der Waals surface area contributed by atoms with Crippen LogP contribution in [0.1, 0.15) is 5.56 Å². The molecule has 1 saturated heterocycles. The summed E-state index contributed by atoms with van der Waals surface area (Å²) in [7, 11) is 0. The zero-order valence-corrected chi connectivity index (χ0v) is 10.1. The highest BCUT2D eigenvalue weighted by Gasteiger charge is 2.21. The molecule has 5 heteroatoms. The number of aromatic hydroxyl groups is 1. The van der Waals surface area contributed by atoms with Gasteiger partial charge in [-0.15, -0.1) is 0 Å². The highest BCUT2D eigenvalue weighted by atomic mass is 16.6. The highest BCUT2D eigenvalue weighted by molar-refractivity contribution is 5.80. The predicted molar refractivity (Wildman–Crippen MR) is 65.4 cm³/mol. The van der Waals surface area contributed by atoms with Crippen molar-refractivity contribution in [1.29, 1.82) is 0 Å². The molecule has 1 heterocycles. The van der Waals surface area contributed by atoms with Gasteiger partial charge in [-0.25, -0.2) is 0 Å². The summed E-state index contributed by atoms with van der Waals surface area (Å²) < 4.78 is 10.5. The Balaban J connectivity index is 1.71. The lowest BCUT2D eigenvalue weighted by atomic mass is 10.1. The number of carbonyl (C=O) groups excluding carboxylic acids is 1. The van der Waals surface area contributed by atoms with Crippen LogP contribution in [-0.4, -0.2) is 43.5 Å². The maximum atomic E-state index is 11.7. The van der Waals surface area contributed by atoms with Gasteiger partial charge in [0.15, 0.2) is 6.10 Å². The van der Waals surface area contributed by atoms with Crippen molar-refractivity contribution in [1.82, 2.24) is 5.32 Å². The Bertz CT molecular complexity index is 384. The van der Waals surface area contributed by atoms with Crippen molar-refractivity contribution in [2.24, 2.45) is 0 Å². The van der Waals surface area contributed by atoms with Crippen LogP contribution in [0.15, 0.2) is 24.3 Å². The molecule has 0 aromatic heterocycles. The highest BCUT2D eigenvalue weighted by Crippen LogP contribution is 2.09. The molecule has 1 aromatic rings. The molecule has 0 spiro atoms. The van der Waals surface area contributed by atoms with Crippen LogP contribution in [0.3, 0.4) is 0 Å². The SMILES string of the molecule is O=C(NCCc1ccc(O)cc1)C1COCCO1. The number of hydrogen-bond donors (Lipinski definition) is 2. The maximum Gasteiger partial charge on any atom is 0.251 e. The number of carbonyl (C=O) groups is 1. The van der Waals surface area contributed by atoms with E-state index in [9.17, 15) is 4.79 Å². The first kappa shape index (κ1) is 12.9. The van der Waals surface area contributed by atoms with Crippen molar-refractivity contribution in [2.45, 2.75) is 12.5 Å². The largest absolute Gasteiger partial charge is 0.508 e. The van der Waals surface area contributed by atoms with Gasteiger partial charge in [0.25, 0.3) is 5.91 Å². The van der Waals surface area contributed by atoms with E-state index in [2.05, 4.69) is 5.32 Å². The summed E-state index contributed by atoms with van der Waals surface area (Å²) in [4.78, 5) is 11.7. The van der Waals surface area contributed by atoms with E-state index in [0.717, 1.165) is 12.0 Å². The number of phenols is 1. The van der Waals surface area contributed by atoms with Gasteiger partial charge in [0.2, 0.25) is 0 Å². The van der Waals surface area contributed by atoms with E-state index in [1.165, 1.54) is 0 Å². The van der Waals surface area contributed by atoms with Gasteiger partial charge in [0, 0.05) is 6.54 Å². The van der Waals surface area contributed by atoms with Crippen LogP contribution < -0.4 is 5.32 Å². The summed E-state index contributed by atoms with van der Waals surface area (Å²) in [6.45, 7) is 1.89. The topological polar surface area (TPSA) is 67.8 Å². The molecule has 5 nitrogen and oxygen atoms in total. The molecule has 0 bridgehead atoms. The van der Waals surface area contributed by atoms with E-state index < -0.39 is 6.10 Å². The fraction of sp³-hybridized carbons (Fsp3) is 0.462. The minimum Gasteiger partial charge on any atom is -0.508 e. The Morgan fingerprint density at radius 1 is 1.33 bits per heavy atom. The fourth-order valence-electron chi connectivity index (χ4n) is 1.75. The van der Waals surface area contributed by atoms with Crippen molar-refractivity contribution in [3.05, 3.63) is 29.8 Å². The quantitative estimate of drug-likeness (QED) is 0.816. The second kappa shape index (κ2) is 6.37. The Hall–Kier alpha value is -1.59. The Morgan fingerprint density at radius 2 is 2.11 bits per heavy atom. The second-order valence-electron chi connectivity index (χ2n) is 4.14. The minimum atomic E-state index is -0.487. The Morgan fingerprint density at radius 3 is 2.78 bits per heavy atom. The molecule has 0 radical (unpaired) electrons. The zero-order chi connectivity index (χ0) is 12.8. The number of amides is 1. The van der Waals surface area contributed by atoms with Crippen LogP contribution in [0.5, 0.6) is 5.75 Å². The molecule has 1 aromatic carbocycles. The summed E-state index contributed by atoms with van der Waals surface area (Å²) in [5, 5.41) is 11.9. The summed E-state index contributed by atoms with van der Waals surface area (Å²) in [5.41, 5.74) is 1.06. The number of benzene rings is 1. The predicted octanol–water partition coefficient (Wildman–Crippen LogP) is 0.466. The smallest absolute Gasteiger partial charge is 0.251 e. The molecule has 0 saturated carbocycles. The molecule has 1 atom stereocenters. The fourth-order valence-corrected chi connectivity index (χ4v) is 1.75. The molecule has 1 fully saturated rings. The van der Waals surface area contributed by atoms with Gasteiger partial charge in [0.05, 0.1) is 19.8 Å². The number of rotatable bonds is 4. The van der Waals surface area contributed by atoms with Crippen molar-refractivity contribution < 1.29 is 19.4 Å². The molecular formula is C13H17NO4. The van der Waals surface area contributed by atoms with E-state index in [1.807, 2.05) is 12.1 Å². The van der Waals surface area contributed by atoms with E-state index in [1.54, 1.807) is 12.1 Å². The molecule has 1 amide bonds. The standard InChI is InChI=1S/C13H17NO4/c15-11-3-1-10(2-4-11)5-6-14-13(16)12-9-17-7-8-18-12/h1-4,12,15H,5-9H2,(H,14,16). The molecule has 1 aliphatic rings.